The van der Waals surface area contributed by atoms with Crippen molar-refractivity contribution in [3.8, 4) is 5.75 Å². The summed E-state index contributed by atoms with van der Waals surface area (Å²) in [7, 11) is 0. The van der Waals surface area contributed by atoms with Crippen LogP contribution in [0.25, 0.3) is 21.5 Å². The zero-order valence-electron chi connectivity index (χ0n) is 11.6. The van der Waals surface area contributed by atoms with E-state index in [9.17, 15) is 4.79 Å². The van der Waals surface area contributed by atoms with Crippen molar-refractivity contribution < 1.29 is 14.6 Å². The fourth-order valence-electron chi connectivity index (χ4n) is 2.13. The zero-order valence-corrected chi connectivity index (χ0v) is 11.6. The van der Waals surface area contributed by atoms with E-state index in [2.05, 4.69) is 35.7 Å². The molecule has 0 atom stereocenters. The van der Waals surface area contributed by atoms with Gasteiger partial charge in [0, 0.05) is 5.57 Å². The summed E-state index contributed by atoms with van der Waals surface area (Å²) in [6, 6.07) is 17.9. The van der Waals surface area contributed by atoms with Gasteiger partial charge in [-0.25, -0.2) is 9.68 Å². The summed E-state index contributed by atoms with van der Waals surface area (Å²) in [6.07, 6.45) is 0. The molecular formula is C18H14O3. The van der Waals surface area contributed by atoms with Crippen molar-refractivity contribution in [2.24, 2.45) is 0 Å². The predicted molar refractivity (Wildman–Crippen MR) is 83.0 cm³/mol. The molecule has 0 heterocycles. The number of rotatable bonds is 3. The van der Waals surface area contributed by atoms with Crippen molar-refractivity contribution in [1.82, 2.24) is 0 Å². The van der Waals surface area contributed by atoms with E-state index < -0.39 is 5.97 Å². The Bertz CT molecular complexity index is 849. The minimum atomic E-state index is -0.575. The summed E-state index contributed by atoms with van der Waals surface area (Å²) in [6.45, 7) is 5.06. The molecule has 3 heteroatoms. The van der Waals surface area contributed by atoms with Crippen molar-refractivity contribution in [3.63, 3.8) is 0 Å². The Morgan fingerprint density at radius 1 is 0.905 bits per heavy atom. The second-order valence-electron chi connectivity index (χ2n) is 4.94. The molecule has 3 nitrogen and oxygen atoms in total. The Labute approximate surface area is 122 Å². The smallest absolute Gasteiger partial charge is 0.287 e. The topological polar surface area (TPSA) is 35.5 Å². The summed E-state index contributed by atoms with van der Waals surface area (Å²) < 4.78 is 0. The molecule has 0 bridgehead atoms. The third-order valence-electron chi connectivity index (χ3n) is 3.24. The molecule has 0 aliphatic heterocycles. The van der Waals surface area contributed by atoms with Gasteiger partial charge in [0.1, 0.15) is 0 Å². The highest BCUT2D eigenvalue weighted by Crippen LogP contribution is 2.26. The van der Waals surface area contributed by atoms with Crippen LogP contribution in [0.1, 0.15) is 6.92 Å². The molecule has 0 spiro atoms. The lowest BCUT2D eigenvalue weighted by molar-refractivity contribution is -0.208. The van der Waals surface area contributed by atoms with Gasteiger partial charge in [-0.05, 0) is 52.7 Å². The van der Waals surface area contributed by atoms with Gasteiger partial charge in [-0.2, -0.15) is 0 Å². The highest BCUT2D eigenvalue weighted by Gasteiger charge is 2.06. The average molecular weight is 278 g/mol. The third-order valence-corrected chi connectivity index (χ3v) is 3.24. The van der Waals surface area contributed by atoms with E-state index in [4.69, 9.17) is 4.89 Å². The molecule has 104 valence electrons. The second kappa shape index (κ2) is 5.29. The Kier molecular flexibility index (Phi) is 3.32. The van der Waals surface area contributed by atoms with Crippen LogP contribution in [-0.4, -0.2) is 5.97 Å². The van der Waals surface area contributed by atoms with Gasteiger partial charge in [0.25, 0.3) is 0 Å². The molecule has 0 aromatic heterocycles. The summed E-state index contributed by atoms with van der Waals surface area (Å²) in [5, 5.41) is 4.47. The number of benzene rings is 3. The maximum absolute atomic E-state index is 11.3. The fourth-order valence-corrected chi connectivity index (χ4v) is 2.13. The highest BCUT2D eigenvalue weighted by molar-refractivity contribution is 5.98. The molecule has 0 fully saturated rings. The third kappa shape index (κ3) is 2.72. The van der Waals surface area contributed by atoms with Crippen molar-refractivity contribution in [3.05, 3.63) is 66.7 Å². The zero-order chi connectivity index (χ0) is 14.8. The van der Waals surface area contributed by atoms with Crippen LogP contribution in [0.2, 0.25) is 0 Å². The van der Waals surface area contributed by atoms with Gasteiger partial charge in [0.15, 0.2) is 5.75 Å². The number of carbonyl (C=O) groups is 1. The van der Waals surface area contributed by atoms with Crippen LogP contribution < -0.4 is 4.89 Å². The number of fused-ring (bicyclic) bond motifs is 2. The fraction of sp³-hybridized carbons (Fsp3) is 0.0556. The first-order chi connectivity index (χ1) is 10.1. The van der Waals surface area contributed by atoms with E-state index >= 15 is 0 Å². The molecule has 0 N–H and O–H groups in total. The maximum Gasteiger partial charge on any atom is 0.381 e. The van der Waals surface area contributed by atoms with E-state index in [1.165, 1.54) is 5.39 Å². The van der Waals surface area contributed by atoms with Crippen LogP contribution >= 0.6 is 0 Å². The normalized spacial score (nSPS) is 10.5. The Hall–Kier alpha value is -2.81. The lowest BCUT2D eigenvalue weighted by atomic mass is 10.0. The van der Waals surface area contributed by atoms with Gasteiger partial charge in [0.05, 0.1) is 0 Å². The van der Waals surface area contributed by atoms with Gasteiger partial charge in [-0.3, -0.25) is 4.89 Å². The number of hydrogen-bond donors (Lipinski definition) is 0. The predicted octanol–water partition coefficient (Wildman–Crippen LogP) is 4.41. The lowest BCUT2D eigenvalue weighted by Crippen LogP contribution is -2.08. The summed E-state index contributed by atoms with van der Waals surface area (Å²) in [4.78, 5) is 21.0. The second-order valence-corrected chi connectivity index (χ2v) is 4.94. The van der Waals surface area contributed by atoms with Crippen LogP contribution in [0.4, 0.5) is 0 Å². The highest BCUT2D eigenvalue weighted by atomic mass is 17.2. The first-order valence-electron chi connectivity index (χ1n) is 6.60. The van der Waals surface area contributed by atoms with Crippen molar-refractivity contribution in [1.29, 1.82) is 0 Å². The van der Waals surface area contributed by atoms with Crippen LogP contribution in [0.15, 0.2) is 66.7 Å². The Balaban J connectivity index is 1.94. The van der Waals surface area contributed by atoms with Crippen molar-refractivity contribution in [2.75, 3.05) is 0 Å². The molecule has 3 rings (SSSR count). The van der Waals surface area contributed by atoms with Crippen molar-refractivity contribution >= 4 is 27.5 Å². The molecule has 0 radical (unpaired) electrons. The molecule has 0 aliphatic rings. The van der Waals surface area contributed by atoms with Gasteiger partial charge in [-0.1, -0.05) is 36.9 Å². The largest absolute Gasteiger partial charge is 0.381 e. The van der Waals surface area contributed by atoms with Crippen LogP contribution in [0.3, 0.4) is 0 Å². The lowest BCUT2D eigenvalue weighted by Gasteiger charge is -2.06. The summed E-state index contributed by atoms with van der Waals surface area (Å²) in [5.74, 6) is -0.0963. The summed E-state index contributed by atoms with van der Waals surface area (Å²) >= 11 is 0. The first-order valence-corrected chi connectivity index (χ1v) is 6.60. The summed E-state index contributed by atoms with van der Waals surface area (Å²) in [5.41, 5.74) is 0.293. The molecule has 3 aromatic carbocycles. The van der Waals surface area contributed by atoms with E-state index in [1.54, 1.807) is 13.0 Å². The molecule has 0 aliphatic carbocycles. The molecule has 0 unspecified atom stereocenters. The Morgan fingerprint density at radius 2 is 1.52 bits per heavy atom. The molecule has 0 amide bonds. The quantitative estimate of drug-likeness (QED) is 0.308. The van der Waals surface area contributed by atoms with Gasteiger partial charge >= 0.3 is 5.97 Å². The SMILES string of the molecule is C=C(C)C(=O)OOc1ccc2cc3ccccc3cc2c1. The van der Waals surface area contributed by atoms with Gasteiger partial charge < -0.3 is 0 Å². The molecule has 0 saturated carbocycles. The van der Waals surface area contributed by atoms with Crippen LogP contribution in [-0.2, 0) is 9.68 Å². The molecule has 21 heavy (non-hydrogen) atoms. The van der Waals surface area contributed by atoms with Gasteiger partial charge in [-0.15, -0.1) is 0 Å². The van der Waals surface area contributed by atoms with E-state index in [0.29, 0.717) is 11.3 Å². The van der Waals surface area contributed by atoms with Crippen molar-refractivity contribution in [2.45, 2.75) is 6.92 Å². The first kappa shape index (κ1) is 13.2. The minimum absolute atomic E-state index is 0.293. The molecule has 3 aromatic rings. The van der Waals surface area contributed by atoms with E-state index in [-0.39, 0.29) is 0 Å². The van der Waals surface area contributed by atoms with Crippen LogP contribution in [0.5, 0.6) is 5.75 Å². The maximum atomic E-state index is 11.3. The molecular weight excluding hydrogens is 264 g/mol. The Morgan fingerprint density at radius 3 is 2.19 bits per heavy atom. The van der Waals surface area contributed by atoms with Gasteiger partial charge in [0.2, 0.25) is 0 Å². The van der Waals surface area contributed by atoms with E-state index in [0.717, 1.165) is 16.2 Å². The average Bonchev–Trinajstić information content (AvgIpc) is 2.50. The number of carbonyl (C=O) groups excluding carboxylic acids is 1. The van der Waals surface area contributed by atoms with E-state index in [1.807, 2.05) is 24.3 Å². The molecule has 0 saturated heterocycles. The number of hydrogen-bond acceptors (Lipinski definition) is 3. The standard InChI is InChI=1S/C18H14O3/c1-12(2)18(19)21-20-17-8-7-15-9-13-5-3-4-6-14(13)10-16(15)11-17/h3-11H,1H2,2H3. The minimum Gasteiger partial charge on any atom is -0.287 e. The monoisotopic (exact) mass is 278 g/mol. The van der Waals surface area contributed by atoms with Crippen LogP contribution in [0, 0.1) is 0 Å².